The number of hydrogen-bond acceptors (Lipinski definition) is 4. The predicted molar refractivity (Wildman–Crippen MR) is 97.7 cm³/mol. The normalized spacial score (nSPS) is 11.5. The van der Waals surface area contributed by atoms with Gasteiger partial charge in [0, 0.05) is 5.57 Å². The van der Waals surface area contributed by atoms with Gasteiger partial charge in [0.2, 0.25) is 0 Å². The summed E-state index contributed by atoms with van der Waals surface area (Å²) in [6, 6.07) is 16.4. The van der Waals surface area contributed by atoms with Crippen LogP contribution >= 0.6 is 11.6 Å². The molecule has 0 aliphatic heterocycles. The molecule has 0 saturated carbocycles. The van der Waals surface area contributed by atoms with Crippen molar-refractivity contribution in [2.75, 3.05) is 13.7 Å². The van der Waals surface area contributed by atoms with Gasteiger partial charge in [0.1, 0.15) is 19.0 Å². The van der Waals surface area contributed by atoms with E-state index in [-0.39, 0.29) is 17.8 Å². The number of carbonyl (C=O) groups is 1. The number of methoxy groups -OCH3 is 1. The summed E-state index contributed by atoms with van der Waals surface area (Å²) < 4.78 is 16.0. The molecule has 0 fully saturated rings. The minimum atomic E-state index is -0.383. The van der Waals surface area contributed by atoms with Crippen molar-refractivity contribution >= 4 is 17.6 Å². The highest BCUT2D eigenvalue weighted by Gasteiger charge is 2.10. The molecule has 132 valence electrons. The van der Waals surface area contributed by atoms with E-state index in [1.807, 2.05) is 37.3 Å². The van der Waals surface area contributed by atoms with Gasteiger partial charge in [-0.3, -0.25) is 0 Å². The highest BCUT2D eigenvalue weighted by Crippen LogP contribution is 2.19. The van der Waals surface area contributed by atoms with Gasteiger partial charge in [-0.1, -0.05) is 37.3 Å². The van der Waals surface area contributed by atoms with Crippen LogP contribution < -0.4 is 4.74 Å². The molecule has 0 atom stereocenters. The van der Waals surface area contributed by atoms with E-state index in [2.05, 4.69) is 0 Å². The monoisotopic (exact) mass is 360 g/mol. The van der Waals surface area contributed by atoms with E-state index in [9.17, 15) is 4.79 Å². The minimum Gasteiger partial charge on any atom is -0.497 e. The second-order valence-electron chi connectivity index (χ2n) is 5.31. The number of benzene rings is 2. The molecule has 2 aromatic rings. The topological polar surface area (TPSA) is 44.8 Å². The van der Waals surface area contributed by atoms with E-state index in [4.69, 9.17) is 25.8 Å². The molecule has 0 radical (unpaired) electrons. The zero-order valence-corrected chi connectivity index (χ0v) is 15.1. The molecule has 0 unspecified atom stereocenters. The first-order valence-electron chi connectivity index (χ1n) is 7.99. The fourth-order valence-electron chi connectivity index (χ4n) is 2.08. The first-order valence-corrected chi connectivity index (χ1v) is 8.37. The Hall–Kier alpha value is -2.46. The number of ether oxygens (including phenoxy) is 3. The Balaban J connectivity index is 1.91. The van der Waals surface area contributed by atoms with Crippen LogP contribution in [0, 0.1) is 0 Å². The molecule has 0 aromatic heterocycles. The van der Waals surface area contributed by atoms with Crippen molar-refractivity contribution in [3.8, 4) is 5.75 Å². The first-order chi connectivity index (χ1) is 12.1. The van der Waals surface area contributed by atoms with Crippen LogP contribution in [0.3, 0.4) is 0 Å². The van der Waals surface area contributed by atoms with Gasteiger partial charge in [0.05, 0.1) is 12.7 Å². The highest BCUT2D eigenvalue weighted by atomic mass is 35.5. The summed E-state index contributed by atoms with van der Waals surface area (Å²) in [7, 11) is 1.62. The molecule has 5 heteroatoms. The summed E-state index contributed by atoms with van der Waals surface area (Å²) in [5, 5.41) is 0.263. The van der Waals surface area contributed by atoms with Crippen molar-refractivity contribution in [1.82, 2.24) is 0 Å². The molecule has 4 nitrogen and oxygen atoms in total. The van der Waals surface area contributed by atoms with Crippen molar-refractivity contribution in [3.05, 3.63) is 76.5 Å². The van der Waals surface area contributed by atoms with Gasteiger partial charge >= 0.3 is 5.97 Å². The van der Waals surface area contributed by atoms with E-state index < -0.39 is 0 Å². The molecule has 0 saturated heterocycles. The second-order valence-corrected chi connectivity index (χ2v) is 5.65. The van der Waals surface area contributed by atoms with Crippen molar-refractivity contribution in [1.29, 1.82) is 0 Å². The lowest BCUT2D eigenvalue weighted by Crippen LogP contribution is -2.09. The number of esters is 1. The minimum absolute atomic E-state index is 0.103. The zero-order valence-electron chi connectivity index (χ0n) is 14.3. The van der Waals surface area contributed by atoms with Crippen LogP contribution in [0.25, 0.3) is 0 Å². The fraction of sp³-hybridized carbons (Fsp3) is 0.250. The van der Waals surface area contributed by atoms with Crippen molar-refractivity contribution in [2.45, 2.75) is 20.0 Å². The first kappa shape index (κ1) is 18.9. The van der Waals surface area contributed by atoms with Gasteiger partial charge in [0.25, 0.3) is 0 Å². The Kier molecular flexibility index (Phi) is 7.36. The Bertz CT molecular complexity index is 708. The summed E-state index contributed by atoms with van der Waals surface area (Å²) in [4.78, 5) is 12.0. The average Bonchev–Trinajstić information content (AvgIpc) is 2.67. The quantitative estimate of drug-likeness (QED) is 0.494. The van der Waals surface area contributed by atoms with Gasteiger partial charge in [0.15, 0.2) is 5.22 Å². The maximum atomic E-state index is 12.0. The molecular formula is C20H21ClO4. The Morgan fingerprint density at radius 3 is 2.28 bits per heavy atom. The lowest BCUT2D eigenvalue weighted by molar-refractivity contribution is 0.0533. The van der Waals surface area contributed by atoms with Crippen LogP contribution in [-0.4, -0.2) is 19.7 Å². The SMILES string of the molecule is CCC(COC(=O)c1ccccc1)=C(Cl)OCc1ccc(OC)cc1. The Morgan fingerprint density at radius 1 is 1.00 bits per heavy atom. The lowest BCUT2D eigenvalue weighted by Gasteiger charge is -2.11. The van der Waals surface area contributed by atoms with Gasteiger partial charge in [-0.15, -0.1) is 0 Å². The lowest BCUT2D eigenvalue weighted by atomic mass is 10.2. The number of rotatable bonds is 8. The molecule has 0 N–H and O–H groups in total. The number of halogens is 1. The highest BCUT2D eigenvalue weighted by molar-refractivity contribution is 6.28. The summed E-state index contributed by atoms with van der Waals surface area (Å²) in [6.45, 7) is 2.37. The van der Waals surface area contributed by atoms with E-state index in [0.29, 0.717) is 18.6 Å². The molecule has 2 aromatic carbocycles. The average molecular weight is 361 g/mol. The third-order valence-electron chi connectivity index (χ3n) is 3.62. The predicted octanol–water partition coefficient (Wildman–Crippen LogP) is 4.93. The van der Waals surface area contributed by atoms with E-state index in [1.54, 1.807) is 31.4 Å². The molecule has 0 bridgehead atoms. The molecule has 0 aliphatic rings. The van der Waals surface area contributed by atoms with Gasteiger partial charge in [-0.25, -0.2) is 4.79 Å². The van der Waals surface area contributed by atoms with Gasteiger partial charge in [-0.2, -0.15) is 0 Å². The molecule has 2 rings (SSSR count). The van der Waals surface area contributed by atoms with Crippen LogP contribution in [0.15, 0.2) is 65.4 Å². The van der Waals surface area contributed by atoms with Crippen molar-refractivity contribution in [3.63, 3.8) is 0 Å². The molecule has 25 heavy (non-hydrogen) atoms. The van der Waals surface area contributed by atoms with Gasteiger partial charge in [-0.05, 0) is 47.9 Å². The second kappa shape index (κ2) is 9.74. The Morgan fingerprint density at radius 2 is 1.68 bits per heavy atom. The summed E-state index contributed by atoms with van der Waals surface area (Å²) >= 11 is 6.23. The van der Waals surface area contributed by atoms with E-state index in [0.717, 1.165) is 16.9 Å². The summed E-state index contributed by atoms with van der Waals surface area (Å²) in [5.41, 5.74) is 2.21. The maximum Gasteiger partial charge on any atom is 0.338 e. The molecule has 0 spiro atoms. The van der Waals surface area contributed by atoms with Gasteiger partial charge < -0.3 is 14.2 Å². The van der Waals surface area contributed by atoms with E-state index in [1.165, 1.54) is 0 Å². The number of carbonyl (C=O) groups excluding carboxylic acids is 1. The third kappa shape index (κ3) is 5.84. The standard InChI is InChI=1S/C20H21ClO4/c1-3-16(14-25-20(22)17-7-5-4-6-8-17)19(21)24-13-15-9-11-18(23-2)12-10-15/h4-12H,3,13-14H2,1-2H3. The fourth-order valence-corrected chi connectivity index (χ4v) is 2.32. The smallest absolute Gasteiger partial charge is 0.338 e. The van der Waals surface area contributed by atoms with E-state index >= 15 is 0 Å². The van der Waals surface area contributed by atoms with Crippen molar-refractivity contribution < 1.29 is 19.0 Å². The summed E-state index contributed by atoms with van der Waals surface area (Å²) in [5.74, 6) is 0.402. The van der Waals surface area contributed by atoms with Crippen molar-refractivity contribution in [2.24, 2.45) is 0 Å². The van der Waals surface area contributed by atoms with Crippen LogP contribution in [0.2, 0.25) is 0 Å². The van der Waals surface area contributed by atoms with Crippen LogP contribution in [0.5, 0.6) is 5.75 Å². The molecular weight excluding hydrogens is 340 g/mol. The number of hydrogen-bond donors (Lipinski definition) is 0. The third-order valence-corrected chi connectivity index (χ3v) is 3.99. The largest absolute Gasteiger partial charge is 0.497 e. The molecule has 0 aliphatic carbocycles. The molecule has 0 amide bonds. The summed E-state index contributed by atoms with van der Waals surface area (Å²) in [6.07, 6.45) is 0.628. The van der Waals surface area contributed by atoms with Crippen LogP contribution in [0.1, 0.15) is 29.3 Å². The van der Waals surface area contributed by atoms with Crippen LogP contribution in [-0.2, 0) is 16.1 Å². The van der Waals surface area contributed by atoms with Crippen LogP contribution in [0.4, 0.5) is 0 Å². The zero-order chi connectivity index (χ0) is 18.1. The maximum absolute atomic E-state index is 12.0. The molecule has 0 heterocycles. The Labute approximate surface area is 153 Å².